The van der Waals surface area contributed by atoms with Crippen LogP contribution in [0.2, 0.25) is 0 Å². The van der Waals surface area contributed by atoms with Crippen molar-refractivity contribution < 1.29 is 50.1 Å². The number of esters is 2. The summed E-state index contributed by atoms with van der Waals surface area (Å²) in [5.74, 6) is -1.28. The summed E-state index contributed by atoms with van der Waals surface area (Å²) in [6.07, 6.45) is -11.7. The van der Waals surface area contributed by atoms with E-state index in [4.69, 9.17) is 14.2 Å². The number of benzene rings is 3. The van der Waals surface area contributed by atoms with E-state index in [1.165, 1.54) is 25.1 Å². The first-order valence-corrected chi connectivity index (χ1v) is 12.1. The fraction of sp³-hybridized carbons (Fsp3) is 0.267. The number of hydrogen-bond acceptors (Lipinski definition) is 5. The summed E-state index contributed by atoms with van der Waals surface area (Å²) in [6, 6.07) is 11.7. The molecule has 0 radical (unpaired) electrons. The smallest absolute Gasteiger partial charge is 0.411 e. The fourth-order valence-corrected chi connectivity index (χ4v) is 4.11. The van der Waals surface area contributed by atoms with Crippen molar-refractivity contribution in [2.24, 2.45) is 0 Å². The van der Waals surface area contributed by atoms with Crippen LogP contribution in [0, 0.1) is 13.8 Å². The Kier molecular flexibility index (Phi) is 9.20. The van der Waals surface area contributed by atoms with Crippen LogP contribution in [0.1, 0.15) is 34.7 Å². The van der Waals surface area contributed by atoms with Crippen LogP contribution in [-0.2, 0) is 26.2 Å². The highest BCUT2D eigenvalue weighted by Crippen LogP contribution is 2.56. The van der Waals surface area contributed by atoms with E-state index >= 15 is 0 Å². The molecular formula is C30H26F6O5. The molecule has 0 aliphatic carbocycles. The number of rotatable bonds is 9. The van der Waals surface area contributed by atoms with E-state index in [1.807, 2.05) is 0 Å². The minimum absolute atomic E-state index is 0.208. The minimum atomic E-state index is -5.72. The van der Waals surface area contributed by atoms with Crippen LogP contribution in [0.5, 0.6) is 11.5 Å². The third kappa shape index (κ3) is 6.90. The first kappa shape index (κ1) is 31.3. The highest BCUT2D eigenvalue weighted by atomic mass is 19.4. The molecule has 0 unspecified atom stereocenters. The van der Waals surface area contributed by atoms with Crippen LogP contribution in [0.25, 0.3) is 0 Å². The second-order valence-electron chi connectivity index (χ2n) is 9.35. The zero-order chi connectivity index (χ0) is 30.6. The number of halogens is 6. The van der Waals surface area contributed by atoms with Crippen LogP contribution in [0.3, 0.4) is 0 Å². The first-order chi connectivity index (χ1) is 19.1. The van der Waals surface area contributed by atoms with E-state index in [0.717, 1.165) is 24.3 Å². The van der Waals surface area contributed by atoms with Crippen molar-refractivity contribution in [1.29, 1.82) is 0 Å². The van der Waals surface area contributed by atoms with E-state index in [9.17, 15) is 35.9 Å². The van der Waals surface area contributed by atoms with Gasteiger partial charge in [0.05, 0.1) is 6.42 Å². The monoisotopic (exact) mass is 580 g/mol. The number of alkyl halides is 6. The predicted molar refractivity (Wildman–Crippen MR) is 137 cm³/mol. The van der Waals surface area contributed by atoms with Gasteiger partial charge >= 0.3 is 24.3 Å². The number of ether oxygens (including phenoxy) is 3. The Balaban J connectivity index is 1.77. The Morgan fingerprint density at radius 2 is 1.29 bits per heavy atom. The molecule has 0 aliphatic rings. The molecule has 0 fully saturated rings. The van der Waals surface area contributed by atoms with Crippen LogP contribution in [0.15, 0.2) is 78.9 Å². The molecule has 0 spiro atoms. The maximum Gasteiger partial charge on any atom is 0.411 e. The third-order valence-corrected chi connectivity index (χ3v) is 6.27. The van der Waals surface area contributed by atoms with Gasteiger partial charge in [0.2, 0.25) is 12.2 Å². The molecule has 218 valence electrons. The van der Waals surface area contributed by atoms with E-state index < -0.39 is 40.8 Å². The summed E-state index contributed by atoms with van der Waals surface area (Å²) < 4.78 is 101. The van der Waals surface area contributed by atoms with Crippen molar-refractivity contribution >= 4 is 11.9 Å². The van der Waals surface area contributed by atoms with Crippen LogP contribution < -0.4 is 9.47 Å². The lowest BCUT2D eigenvalue weighted by Crippen LogP contribution is -2.54. The Hall–Kier alpha value is -4.28. The maximum absolute atomic E-state index is 14.3. The van der Waals surface area contributed by atoms with Gasteiger partial charge in [0.25, 0.3) is 0 Å². The van der Waals surface area contributed by atoms with Crippen molar-refractivity contribution in [3.05, 3.63) is 107 Å². The van der Waals surface area contributed by atoms with Crippen molar-refractivity contribution in [3.8, 4) is 11.5 Å². The molecule has 0 saturated carbocycles. The number of hydrogen-bond donors (Lipinski definition) is 0. The summed E-state index contributed by atoms with van der Waals surface area (Å²) in [5, 5.41) is 0. The van der Waals surface area contributed by atoms with Gasteiger partial charge in [-0.25, -0.2) is 4.79 Å². The predicted octanol–water partition coefficient (Wildman–Crippen LogP) is 7.32. The molecule has 0 bridgehead atoms. The second kappa shape index (κ2) is 12.1. The lowest BCUT2D eigenvalue weighted by Gasteiger charge is -2.38. The zero-order valence-corrected chi connectivity index (χ0v) is 22.3. The molecule has 0 saturated heterocycles. The minimum Gasteiger partial charge on any atom is -0.457 e. The topological polar surface area (TPSA) is 61.8 Å². The molecule has 0 amide bonds. The molecule has 0 aromatic heterocycles. The molecule has 5 nitrogen and oxygen atoms in total. The summed E-state index contributed by atoms with van der Waals surface area (Å²) in [4.78, 5) is 23.9. The van der Waals surface area contributed by atoms with Crippen LogP contribution in [-0.4, -0.2) is 31.1 Å². The van der Waals surface area contributed by atoms with E-state index in [2.05, 4.69) is 6.58 Å². The van der Waals surface area contributed by atoms with E-state index in [0.29, 0.717) is 34.6 Å². The van der Waals surface area contributed by atoms with Gasteiger partial charge in [0.1, 0.15) is 11.5 Å². The Morgan fingerprint density at radius 1 is 0.780 bits per heavy atom. The largest absolute Gasteiger partial charge is 0.457 e. The normalized spacial score (nSPS) is 12.0. The fourth-order valence-electron chi connectivity index (χ4n) is 4.11. The molecule has 0 heterocycles. The highest BCUT2D eigenvalue weighted by molar-refractivity contribution is 5.86. The van der Waals surface area contributed by atoms with Crippen molar-refractivity contribution in [1.82, 2.24) is 0 Å². The Labute approximate surface area is 232 Å². The lowest BCUT2D eigenvalue weighted by molar-refractivity contribution is -0.288. The van der Waals surface area contributed by atoms with Crippen molar-refractivity contribution in [2.45, 2.75) is 45.0 Å². The molecular weight excluding hydrogens is 554 g/mol. The van der Waals surface area contributed by atoms with Gasteiger partial charge in [-0.15, -0.1) is 0 Å². The van der Waals surface area contributed by atoms with Gasteiger partial charge in [-0.1, -0.05) is 54.6 Å². The van der Waals surface area contributed by atoms with Gasteiger partial charge in [0, 0.05) is 5.57 Å². The second-order valence-corrected chi connectivity index (χ2v) is 9.35. The summed E-state index contributed by atoms with van der Waals surface area (Å²) in [7, 11) is 0. The number of aryl methyl sites for hydroxylation is 2. The van der Waals surface area contributed by atoms with Crippen molar-refractivity contribution in [2.75, 3.05) is 6.79 Å². The lowest BCUT2D eigenvalue weighted by atomic mass is 9.72. The van der Waals surface area contributed by atoms with Gasteiger partial charge < -0.3 is 14.2 Å². The summed E-state index contributed by atoms with van der Waals surface area (Å²) in [5.41, 5.74) is -4.48. The molecule has 3 rings (SSSR count). The molecule has 41 heavy (non-hydrogen) atoms. The van der Waals surface area contributed by atoms with Crippen molar-refractivity contribution in [3.63, 3.8) is 0 Å². The maximum atomic E-state index is 14.3. The number of carbonyl (C=O) groups is 2. The Morgan fingerprint density at radius 3 is 1.78 bits per heavy atom. The molecule has 3 aromatic carbocycles. The molecule has 11 heteroatoms. The highest BCUT2D eigenvalue weighted by Gasteiger charge is 2.72. The first-order valence-electron chi connectivity index (χ1n) is 12.1. The average molecular weight is 581 g/mol. The van der Waals surface area contributed by atoms with E-state index in [1.54, 1.807) is 26.0 Å². The molecule has 3 aromatic rings. The SMILES string of the molecule is C=C(C)C(=O)OCOc1ccc(CC(=O)Oc2ccc(C(c3ccc(C)cc3)(C(F)(F)F)C(F)(F)F)cc2)c(C)c1. The summed E-state index contributed by atoms with van der Waals surface area (Å²) >= 11 is 0. The van der Waals surface area contributed by atoms with E-state index in [-0.39, 0.29) is 24.5 Å². The summed E-state index contributed by atoms with van der Waals surface area (Å²) in [6.45, 7) is 7.81. The standard InChI is InChI=1S/C30H26F6O5/c1-18(2)27(38)40-17-39-25-12-7-21(20(4)15-25)16-26(37)41-24-13-10-23(11-14-24)28(29(31,32)33,30(34,35)36)22-8-5-19(3)6-9-22/h5-15H,1,16-17H2,2-4H3. The Bertz CT molecular complexity index is 1390. The van der Waals surface area contributed by atoms with Gasteiger partial charge in [0.15, 0.2) is 0 Å². The quantitative estimate of drug-likeness (QED) is 0.0873. The molecule has 0 aliphatic heterocycles. The molecule has 0 atom stereocenters. The van der Waals surface area contributed by atoms with Crippen LogP contribution in [0.4, 0.5) is 26.3 Å². The average Bonchev–Trinajstić information content (AvgIpc) is 2.86. The zero-order valence-electron chi connectivity index (χ0n) is 22.3. The van der Waals surface area contributed by atoms with Gasteiger partial charge in [-0.3, -0.25) is 4.79 Å². The third-order valence-electron chi connectivity index (χ3n) is 6.27. The number of carbonyl (C=O) groups excluding carboxylic acids is 2. The van der Waals surface area contributed by atoms with Gasteiger partial charge in [-0.2, -0.15) is 26.3 Å². The molecule has 0 N–H and O–H groups in total. The van der Waals surface area contributed by atoms with Gasteiger partial charge in [-0.05, 0) is 67.3 Å². The van der Waals surface area contributed by atoms with Crippen LogP contribution >= 0.6 is 0 Å².